The van der Waals surface area contributed by atoms with E-state index >= 15 is 0 Å². The van der Waals surface area contributed by atoms with Gasteiger partial charge in [-0.1, -0.05) is 0 Å². The standard InChI is InChI=1S/C16H16N2O5S/c1-10-3-5-14(23-10)13-8-12(17-18(13)24(2,19)20)11-4-6-15-16(7-11)22-9-21-15/h3-7,13H,8-9H2,1-2H3. The molecule has 0 spiro atoms. The predicted molar refractivity (Wildman–Crippen MR) is 86.6 cm³/mol. The molecule has 2 aliphatic rings. The molecule has 2 aromatic rings. The van der Waals surface area contributed by atoms with E-state index in [0.29, 0.717) is 29.4 Å². The predicted octanol–water partition coefficient (Wildman–Crippen LogP) is 2.43. The van der Waals surface area contributed by atoms with Crippen molar-refractivity contribution in [3.63, 3.8) is 0 Å². The molecule has 7 nitrogen and oxygen atoms in total. The van der Waals surface area contributed by atoms with Gasteiger partial charge in [0, 0.05) is 12.0 Å². The zero-order valence-electron chi connectivity index (χ0n) is 13.2. The average molecular weight is 348 g/mol. The van der Waals surface area contributed by atoms with Crippen LogP contribution in [0.1, 0.15) is 29.5 Å². The number of fused-ring (bicyclic) bond motifs is 1. The number of furan rings is 1. The van der Waals surface area contributed by atoms with Crippen molar-refractivity contribution in [1.29, 1.82) is 0 Å². The van der Waals surface area contributed by atoms with Gasteiger partial charge in [0.2, 0.25) is 16.8 Å². The van der Waals surface area contributed by atoms with Gasteiger partial charge in [0.25, 0.3) is 0 Å². The van der Waals surface area contributed by atoms with Crippen molar-refractivity contribution in [2.24, 2.45) is 5.10 Å². The van der Waals surface area contributed by atoms with Gasteiger partial charge < -0.3 is 13.9 Å². The van der Waals surface area contributed by atoms with E-state index < -0.39 is 16.1 Å². The van der Waals surface area contributed by atoms with E-state index in [1.807, 2.05) is 25.1 Å². The van der Waals surface area contributed by atoms with Gasteiger partial charge in [-0.2, -0.15) is 9.52 Å². The molecule has 0 fully saturated rings. The Morgan fingerprint density at radius 3 is 2.67 bits per heavy atom. The van der Waals surface area contributed by atoms with Crippen LogP contribution in [0.15, 0.2) is 39.9 Å². The summed E-state index contributed by atoms with van der Waals surface area (Å²) in [5.41, 5.74) is 1.47. The molecule has 8 heteroatoms. The number of benzene rings is 1. The monoisotopic (exact) mass is 348 g/mol. The largest absolute Gasteiger partial charge is 0.464 e. The fourth-order valence-electron chi connectivity index (χ4n) is 2.89. The van der Waals surface area contributed by atoms with E-state index in [2.05, 4.69) is 5.10 Å². The molecular weight excluding hydrogens is 332 g/mol. The molecule has 24 heavy (non-hydrogen) atoms. The smallest absolute Gasteiger partial charge is 0.247 e. The van der Waals surface area contributed by atoms with Crippen LogP contribution in [-0.2, 0) is 10.0 Å². The second kappa shape index (κ2) is 5.27. The van der Waals surface area contributed by atoms with E-state index in [0.717, 1.165) is 22.0 Å². The minimum absolute atomic E-state index is 0.190. The maximum absolute atomic E-state index is 12.1. The molecule has 1 aromatic carbocycles. The van der Waals surface area contributed by atoms with Gasteiger partial charge in [-0.05, 0) is 37.3 Å². The average Bonchev–Trinajstić information content (AvgIpc) is 3.23. The molecule has 0 radical (unpaired) electrons. The zero-order chi connectivity index (χ0) is 16.9. The maximum atomic E-state index is 12.1. The summed E-state index contributed by atoms with van der Waals surface area (Å²) in [7, 11) is -3.51. The highest BCUT2D eigenvalue weighted by atomic mass is 32.2. The van der Waals surface area contributed by atoms with Gasteiger partial charge in [0.1, 0.15) is 17.6 Å². The first-order valence-corrected chi connectivity index (χ1v) is 9.30. The summed E-state index contributed by atoms with van der Waals surface area (Å²) < 4.78 is 41.7. The van der Waals surface area contributed by atoms with Crippen LogP contribution in [0.25, 0.3) is 0 Å². The van der Waals surface area contributed by atoms with Crippen molar-refractivity contribution in [2.45, 2.75) is 19.4 Å². The van der Waals surface area contributed by atoms with E-state index in [1.54, 1.807) is 12.1 Å². The lowest BCUT2D eigenvalue weighted by molar-refractivity contribution is 0.174. The highest BCUT2D eigenvalue weighted by molar-refractivity contribution is 7.88. The molecule has 1 aromatic heterocycles. The third-order valence-corrected chi connectivity index (χ3v) is 5.02. The summed E-state index contributed by atoms with van der Waals surface area (Å²) in [5, 5.41) is 4.33. The molecule has 0 saturated heterocycles. The zero-order valence-corrected chi connectivity index (χ0v) is 14.0. The SMILES string of the molecule is Cc1ccc(C2CC(c3ccc4c(c3)OCO4)=NN2S(C)(=O)=O)o1. The van der Waals surface area contributed by atoms with Gasteiger partial charge in [0.15, 0.2) is 11.5 Å². The van der Waals surface area contributed by atoms with Crippen molar-refractivity contribution < 1.29 is 22.3 Å². The van der Waals surface area contributed by atoms with Gasteiger partial charge >= 0.3 is 0 Å². The third kappa shape index (κ3) is 2.52. The second-order valence-electron chi connectivity index (χ2n) is 5.82. The summed E-state index contributed by atoms with van der Waals surface area (Å²) in [6, 6.07) is 8.59. The Hall–Kier alpha value is -2.48. The van der Waals surface area contributed by atoms with E-state index in [-0.39, 0.29) is 6.79 Å². The van der Waals surface area contributed by atoms with Crippen LogP contribution in [0.4, 0.5) is 0 Å². The highest BCUT2D eigenvalue weighted by Crippen LogP contribution is 2.38. The molecule has 0 aliphatic carbocycles. The Morgan fingerprint density at radius 2 is 1.96 bits per heavy atom. The molecule has 0 bridgehead atoms. The van der Waals surface area contributed by atoms with Crippen LogP contribution >= 0.6 is 0 Å². The molecule has 0 amide bonds. The molecule has 4 rings (SSSR count). The molecular formula is C16H16N2O5S. The second-order valence-corrected chi connectivity index (χ2v) is 7.66. The normalized spacial score (nSPS) is 19.7. The molecule has 0 N–H and O–H groups in total. The minimum Gasteiger partial charge on any atom is -0.464 e. The number of ether oxygens (including phenoxy) is 2. The van der Waals surface area contributed by atoms with Crippen molar-refractivity contribution in [2.75, 3.05) is 13.0 Å². The Bertz CT molecular complexity index is 932. The summed E-state index contributed by atoms with van der Waals surface area (Å²) in [6.07, 6.45) is 1.57. The molecule has 1 unspecified atom stereocenters. The van der Waals surface area contributed by atoms with Gasteiger partial charge in [0.05, 0.1) is 12.0 Å². The topological polar surface area (TPSA) is 81.3 Å². The number of hydrogen-bond acceptors (Lipinski definition) is 6. The quantitative estimate of drug-likeness (QED) is 0.851. The van der Waals surface area contributed by atoms with Crippen LogP contribution in [0.3, 0.4) is 0 Å². The van der Waals surface area contributed by atoms with Crippen LogP contribution in [0, 0.1) is 6.92 Å². The first-order chi connectivity index (χ1) is 11.4. The first-order valence-electron chi connectivity index (χ1n) is 7.45. The Kier molecular flexibility index (Phi) is 3.31. The first kappa shape index (κ1) is 15.1. The number of rotatable bonds is 3. The fraction of sp³-hybridized carbons (Fsp3) is 0.312. The number of nitrogens with zero attached hydrogens (tertiary/aromatic N) is 2. The van der Waals surface area contributed by atoms with Crippen molar-refractivity contribution in [3.05, 3.63) is 47.4 Å². The third-order valence-electron chi connectivity index (χ3n) is 4.01. The lowest BCUT2D eigenvalue weighted by Gasteiger charge is -2.18. The van der Waals surface area contributed by atoms with Crippen LogP contribution in [0.5, 0.6) is 11.5 Å². The summed E-state index contributed by atoms with van der Waals surface area (Å²) in [6.45, 7) is 2.01. The van der Waals surface area contributed by atoms with Gasteiger partial charge in [-0.3, -0.25) is 0 Å². The van der Waals surface area contributed by atoms with Crippen LogP contribution in [-0.4, -0.2) is 31.6 Å². The number of hydrogen-bond donors (Lipinski definition) is 0. The Labute approximate surface area is 139 Å². The number of hydrazone groups is 1. The minimum atomic E-state index is -3.51. The number of aryl methyl sites for hydroxylation is 1. The molecule has 0 saturated carbocycles. The van der Waals surface area contributed by atoms with Crippen molar-refractivity contribution >= 4 is 15.7 Å². The lowest BCUT2D eigenvalue weighted by Crippen LogP contribution is -2.25. The van der Waals surface area contributed by atoms with E-state index in [4.69, 9.17) is 13.9 Å². The maximum Gasteiger partial charge on any atom is 0.247 e. The van der Waals surface area contributed by atoms with Crippen LogP contribution in [0.2, 0.25) is 0 Å². The summed E-state index contributed by atoms with van der Waals surface area (Å²) in [5.74, 6) is 2.63. The van der Waals surface area contributed by atoms with Crippen LogP contribution < -0.4 is 9.47 Å². The van der Waals surface area contributed by atoms with Crippen molar-refractivity contribution in [1.82, 2.24) is 4.41 Å². The molecule has 3 heterocycles. The Morgan fingerprint density at radius 1 is 1.17 bits per heavy atom. The van der Waals surface area contributed by atoms with E-state index in [1.165, 1.54) is 0 Å². The lowest BCUT2D eigenvalue weighted by atomic mass is 10.0. The Balaban J connectivity index is 1.72. The van der Waals surface area contributed by atoms with Gasteiger partial charge in [-0.15, -0.1) is 0 Å². The van der Waals surface area contributed by atoms with Crippen molar-refractivity contribution in [3.8, 4) is 11.5 Å². The summed E-state index contributed by atoms with van der Waals surface area (Å²) >= 11 is 0. The summed E-state index contributed by atoms with van der Waals surface area (Å²) in [4.78, 5) is 0. The fourth-order valence-corrected chi connectivity index (χ4v) is 3.78. The van der Waals surface area contributed by atoms with Gasteiger partial charge in [-0.25, -0.2) is 8.42 Å². The number of sulfonamides is 1. The molecule has 126 valence electrons. The highest BCUT2D eigenvalue weighted by Gasteiger charge is 2.36. The van der Waals surface area contributed by atoms with E-state index in [9.17, 15) is 8.42 Å². The molecule has 1 atom stereocenters. The molecule has 2 aliphatic heterocycles.